The average molecular weight is 565 g/mol. The lowest BCUT2D eigenvalue weighted by atomic mass is 9.33. The topological polar surface area (TPSA) is 39.5 Å². The van der Waals surface area contributed by atoms with Gasteiger partial charge in [0, 0.05) is 21.2 Å². The van der Waals surface area contributed by atoms with Crippen molar-refractivity contribution in [1.29, 1.82) is 5.26 Å². The first-order chi connectivity index (χ1) is 21.3. The van der Waals surface area contributed by atoms with Gasteiger partial charge in [-0.3, -0.25) is 0 Å². The number of nitriles is 1. The molecule has 0 saturated heterocycles. The Bertz CT molecular complexity index is 2130. The molecule has 0 amide bonds. The second kappa shape index (κ2) is 8.35. The van der Waals surface area contributed by atoms with Crippen LogP contribution < -0.4 is 30.9 Å². The fraction of sp³-hybridized carbons (Fsp3) is 0. The monoisotopic (exact) mass is 565 g/mol. The minimum atomic E-state index is 0.0300. The zero-order valence-corrected chi connectivity index (χ0v) is 23.6. The van der Waals surface area contributed by atoms with Crippen LogP contribution in [0.3, 0.4) is 0 Å². The molecule has 6 aromatic rings. The highest BCUT2D eigenvalue weighted by atomic mass is 32.2. The van der Waals surface area contributed by atoms with E-state index in [1.54, 1.807) is 0 Å². The van der Waals surface area contributed by atoms with Gasteiger partial charge in [-0.15, -0.1) is 0 Å². The molecule has 4 aliphatic rings. The molecule has 0 atom stereocenters. The zero-order valence-electron chi connectivity index (χ0n) is 22.8. The Morgan fingerprint density at radius 2 is 1.26 bits per heavy atom. The molecule has 0 N–H and O–H groups in total. The van der Waals surface area contributed by atoms with Gasteiger partial charge in [0.15, 0.2) is 11.5 Å². The maximum Gasteiger partial charge on any atom is 0.252 e. The summed E-state index contributed by atoms with van der Waals surface area (Å²) in [6, 6.07) is 45.1. The van der Waals surface area contributed by atoms with E-state index < -0.39 is 0 Å². The second-order valence-corrected chi connectivity index (χ2v) is 12.3. The van der Waals surface area contributed by atoms with Gasteiger partial charge in [-0.05, 0) is 82.1 Å². The molecule has 0 aliphatic carbocycles. The molecule has 10 rings (SSSR count). The van der Waals surface area contributed by atoms with Gasteiger partial charge in [-0.2, -0.15) is 5.26 Å². The van der Waals surface area contributed by atoms with Crippen LogP contribution in [0.1, 0.15) is 5.56 Å². The van der Waals surface area contributed by atoms with Gasteiger partial charge in [0.2, 0.25) is 0 Å². The number of hydrogen-bond acceptors (Lipinski definition) is 5. The van der Waals surface area contributed by atoms with Crippen molar-refractivity contribution in [3.8, 4) is 28.7 Å². The van der Waals surface area contributed by atoms with Crippen molar-refractivity contribution < 1.29 is 4.74 Å². The number of nitrogens with zero attached hydrogens (tertiary/aromatic N) is 3. The first kappa shape index (κ1) is 23.2. The Balaban J connectivity index is 1.38. The predicted octanol–water partition coefficient (Wildman–Crippen LogP) is 7.88. The van der Waals surface area contributed by atoms with Crippen LogP contribution in [0.25, 0.3) is 11.1 Å². The van der Waals surface area contributed by atoms with Crippen molar-refractivity contribution in [2.24, 2.45) is 0 Å². The van der Waals surface area contributed by atoms with Crippen LogP contribution in [0.5, 0.6) is 11.5 Å². The molecule has 6 aromatic carbocycles. The summed E-state index contributed by atoms with van der Waals surface area (Å²) >= 11 is 1.84. The molecule has 0 radical (unpaired) electrons. The largest absolute Gasteiger partial charge is 0.453 e. The van der Waals surface area contributed by atoms with Gasteiger partial charge in [0.1, 0.15) is 0 Å². The molecule has 0 spiro atoms. The van der Waals surface area contributed by atoms with Crippen molar-refractivity contribution in [1.82, 2.24) is 0 Å². The van der Waals surface area contributed by atoms with Crippen LogP contribution >= 0.6 is 11.8 Å². The molecule has 4 aliphatic heterocycles. The molecule has 0 fully saturated rings. The highest BCUT2D eigenvalue weighted by Gasteiger charge is 2.47. The summed E-state index contributed by atoms with van der Waals surface area (Å²) in [7, 11) is 0. The molecule has 43 heavy (non-hydrogen) atoms. The number of benzene rings is 6. The lowest BCUT2D eigenvalue weighted by Crippen LogP contribution is -2.62. The first-order valence-electron chi connectivity index (χ1n) is 14.4. The molecule has 0 bridgehead atoms. The highest BCUT2D eigenvalue weighted by Crippen LogP contribution is 2.56. The number of rotatable bonds is 1. The second-order valence-electron chi connectivity index (χ2n) is 11.2. The predicted molar refractivity (Wildman–Crippen MR) is 175 cm³/mol. The number of para-hydroxylation sites is 5. The van der Waals surface area contributed by atoms with Crippen LogP contribution in [-0.2, 0) is 0 Å². The maximum absolute atomic E-state index is 10.1. The minimum absolute atomic E-state index is 0.0300. The normalized spacial score (nSPS) is 14.0. The average Bonchev–Trinajstić information content (AvgIpc) is 3.06. The fourth-order valence-electron chi connectivity index (χ4n) is 7.38. The first-order valence-corrected chi connectivity index (χ1v) is 15.2. The Labute approximate surface area is 253 Å². The van der Waals surface area contributed by atoms with Crippen molar-refractivity contribution >= 4 is 69.0 Å². The lowest BCUT2D eigenvalue weighted by molar-refractivity contribution is 0.477. The standard InChI is InChI=1S/C37H20BN3OS/c39-21-22-9-1-2-10-24(22)23-19-29-35-30(20-23)41-28-14-4-6-17-33(28)43-34-18-8-12-26(37(34)41)38(35)25-11-7-16-32-36(25)40(29)27-13-3-5-15-31(27)42-32/h1-20H. The van der Waals surface area contributed by atoms with E-state index >= 15 is 0 Å². The van der Waals surface area contributed by atoms with Gasteiger partial charge < -0.3 is 14.5 Å². The summed E-state index contributed by atoms with van der Waals surface area (Å²) < 4.78 is 6.54. The van der Waals surface area contributed by atoms with E-state index in [0.717, 1.165) is 45.4 Å². The Morgan fingerprint density at radius 3 is 2.12 bits per heavy atom. The molecule has 0 aromatic heterocycles. The number of fused-ring (bicyclic) bond motifs is 8. The van der Waals surface area contributed by atoms with Gasteiger partial charge in [-0.1, -0.05) is 78.5 Å². The SMILES string of the molecule is N#Cc1ccccc1-c1cc2c3c(c1)N1c4ccccc4Sc4cccc(c41)B3c1cccc3c1N2c1ccccc1O3. The molecule has 4 nitrogen and oxygen atoms in total. The van der Waals surface area contributed by atoms with E-state index in [2.05, 4.69) is 107 Å². The summed E-state index contributed by atoms with van der Waals surface area (Å²) in [4.78, 5) is 7.33. The van der Waals surface area contributed by atoms with Crippen molar-refractivity contribution in [3.63, 3.8) is 0 Å². The molecule has 6 heteroatoms. The lowest BCUT2D eigenvalue weighted by Gasteiger charge is -2.47. The molecular formula is C37H20BN3OS. The number of ether oxygens (including phenoxy) is 1. The maximum atomic E-state index is 10.1. The molecule has 4 heterocycles. The Morgan fingerprint density at radius 1 is 0.605 bits per heavy atom. The van der Waals surface area contributed by atoms with Crippen molar-refractivity contribution in [2.45, 2.75) is 9.79 Å². The van der Waals surface area contributed by atoms with Crippen molar-refractivity contribution in [3.05, 3.63) is 127 Å². The summed E-state index contributed by atoms with van der Waals surface area (Å²) in [5.41, 5.74) is 13.2. The van der Waals surface area contributed by atoms with E-state index in [4.69, 9.17) is 4.74 Å². The smallest absolute Gasteiger partial charge is 0.252 e. The molecular weight excluding hydrogens is 545 g/mol. The van der Waals surface area contributed by atoms with E-state index in [1.807, 2.05) is 42.1 Å². The zero-order chi connectivity index (χ0) is 28.2. The summed E-state index contributed by atoms with van der Waals surface area (Å²) in [6.07, 6.45) is 0. The Kier molecular flexibility index (Phi) is 4.51. The van der Waals surface area contributed by atoms with Crippen LogP contribution in [0, 0.1) is 11.3 Å². The minimum Gasteiger partial charge on any atom is -0.453 e. The van der Waals surface area contributed by atoms with Crippen molar-refractivity contribution in [2.75, 3.05) is 9.80 Å². The quantitative estimate of drug-likeness (QED) is 0.190. The molecule has 0 unspecified atom stereocenters. The van der Waals surface area contributed by atoms with Gasteiger partial charge >= 0.3 is 0 Å². The van der Waals surface area contributed by atoms with Crippen LogP contribution in [0.4, 0.5) is 34.1 Å². The van der Waals surface area contributed by atoms with Gasteiger partial charge in [0.25, 0.3) is 6.71 Å². The van der Waals surface area contributed by atoms with E-state index in [-0.39, 0.29) is 6.71 Å². The van der Waals surface area contributed by atoms with Gasteiger partial charge in [0.05, 0.1) is 34.4 Å². The van der Waals surface area contributed by atoms with E-state index in [1.165, 1.54) is 37.6 Å². The summed E-state index contributed by atoms with van der Waals surface area (Å²) in [5, 5.41) is 10.1. The number of anilines is 6. The number of hydrogen-bond donors (Lipinski definition) is 0. The third-order valence-electron chi connectivity index (χ3n) is 9.05. The van der Waals surface area contributed by atoms with Gasteiger partial charge in [-0.25, -0.2) is 0 Å². The van der Waals surface area contributed by atoms with Crippen LogP contribution in [0.2, 0.25) is 0 Å². The third kappa shape index (κ3) is 2.97. The van der Waals surface area contributed by atoms with E-state index in [0.29, 0.717) is 5.56 Å². The van der Waals surface area contributed by atoms with Crippen LogP contribution in [-0.4, -0.2) is 6.71 Å². The van der Waals surface area contributed by atoms with E-state index in [9.17, 15) is 5.26 Å². The summed E-state index contributed by atoms with van der Waals surface area (Å²) in [5.74, 6) is 1.69. The van der Waals surface area contributed by atoms with Crippen LogP contribution in [0.15, 0.2) is 131 Å². The summed E-state index contributed by atoms with van der Waals surface area (Å²) in [6.45, 7) is 0.0300. The Hall–Kier alpha value is -5.38. The highest BCUT2D eigenvalue weighted by molar-refractivity contribution is 7.99. The molecule has 0 saturated carbocycles. The molecule has 198 valence electrons. The fourth-order valence-corrected chi connectivity index (χ4v) is 8.48. The third-order valence-corrected chi connectivity index (χ3v) is 10.2.